The Morgan fingerprint density at radius 2 is 2.05 bits per heavy atom. The van der Waals surface area contributed by atoms with E-state index in [1.807, 2.05) is 26.0 Å². The van der Waals surface area contributed by atoms with Crippen molar-refractivity contribution in [3.8, 4) is 6.07 Å². The number of furan rings is 1. The number of rotatable bonds is 7. The van der Waals surface area contributed by atoms with Gasteiger partial charge in [-0.15, -0.1) is 0 Å². The number of nitrogens with zero attached hydrogens (tertiary/aromatic N) is 2. The molecule has 0 spiro atoms. The Morgan fingerprint density at radius 3 is 2.47 bits per heavy atom. The Balaban J connectivity index is 2.94. The van der Waals surface area contributed by atoms with Crippen molar-refractivity contribution < 1.29 is 4.42 Å². The predicted octanol–water partition coefficient (Wildman–Crippen LogP) is 2.85. The van der Waals surface area contributed by atoms with E-state index >= 15 is 0 Å². The van der Waals surface area contributed by atoms with Gasteiger partial charge in [-0.1, -0.05) is 13.8 Å². The Bertz CT molecular complexity index is 417. The van der Waals surface area contributed by atoms with Crippen molar-refractivity contribution in [1.29, 1.82) is 5.26 Å². The van der Waals surface area contributed by atoms with Crippen LogP contribution in [0.1, 0.15) is 44.8 Å². The minimum Gasteiger partial charge on any atom is -0.465 e. The van der Waals surface area contributed by atoms with E-state index in [1.54, 1.807) is 0 Å². The van der Waals surface area contributed by atoms with Crippen molar-refractivity contribution in [1.82, 2.24) is 4.90 Å². The molecule has 1 aromatic rings. The monoisotopic (exact) mass is 263 g/mol. The van der Waals surface area contributed by atoms with Crippen molar-refractivity contribution in [3.63, 3.8) is 0 Å². The zero-order valence-electron chi connectivity index (χ0n) is 12.4. The molecule has 2 N–H and O–H groups in total. The van der Waals surface area contributed by atoms with E-state index < -0.39 is 0 Å². The molecule has 1 aromatic heterocycles. The van der Waals surface area contributed by atoms with Gasteiger partial charge in [0.05, 0.1) is 12.1 Å². The minimum atomic E-state index is -0.0389. The summed E-state index contributed by atoms with van der Waals surface area (Å²) in [6.07, 6.45) is 0.510. The number of hydrogen-bond acceptors (Lipinski definition) is 4. The van der Waals surface area contributed by atoms with Gasteiger partial charge in [0, 0.05) is 25.6 Å². The van der Waals surface area contributed by atoms with Gasteiger partial charge in [0.15, 0.2) is 0 Å². The highest BCUT2D eigenvalue weighted by Crippen LogP contribution is 2.26. The van der Waals surface area contributed by atoms with Crippen LogP contribution in [0.3, 0.4) is 0 Å². The molecular weight excluding hydrogens is 238 g/mol. The summed E-state index contributed by atoms with van der Waals surface area (Å²) in [6, 6.07) is 6.15. The predicted molar refractivity (Wildman–Crippen MR) is 76.5 cm³/mol. The number of nitriles is 1. The molecule has 2 atom stereocenters. The van der Waals surface area contributed by atoms with E-state index in [-0.39, 0.29) is 12.1 Å². The number of aryl methyl sites for hydroxylation is 1. The van der Waals surface area contributed by atoms with Crippen LogP contribution < -0.4 is 5.73 Å². The number of nitrogens with two attached hydrogens (primary N) is 1. The molecule has 0 saturated heterocycles. The van der Waals surface area contributed by atoms with Gasteiger partial charge in [0.25, 0.3) is 0 Å². The van der Waals surface area contributed by atoms with Crippen LogP contribution in [0.4, 0.5) is 0 Å². The fourth-order valence-electron chi connectivity index (χ4n) is 2.39. The van der Waals surface area contributed by atoms with Crippen LogP contribution in [-0.2, 0) is 0 Å². The summed E-state index contributed by atoms with van der Waals surface area (Å²) in [5.41, 5.74) is 6.14. The van der Waals surface area contributed by atoms with Crippen LogP contribution in [0.25, 0.3) is 0 Å². The van der Waals surface area contributed by atoms with Gasteiger partial charge in [-0.3, -0.25) is 4.90 Å². The van der Waals surface area contributed by atoms with E-state index in [2.05, 4.69) is 24.8 Å². The van der Waals surface area contributed by atoms with E-state index in [0.29, 0.717) is 12.3 Å². The highest BCUT2D eigenvalue weighted by atomic mass is 16.3. The lowest BCUT2D eigenvalue weighted by Crippen LogP contribution is -2.41. The SMILES string of the molecule is Cc1ccc(C(C(C)N)N(CCC#N)CC(C)C)o1. The van der Waals surface area contributed by atoms with Crippen molar-refractivity contribution in [2.24, 2.45) is 11.7 Å². The van der Waals surface area contributed by atoms with Gasteiger partial charge in [0.1, 0.15) is 11.5 Å². The molecule has 0 fully saturated rings. The maximum atomic E-state index is 8.81. The van der Waals surface area contributed by atoms with Crippen LogP contribution in [0.2, 0.25) is 0 Å². The molecular formula is C15H25N3O. The molecule has 2 unspecified atom stereocenters. The summed E-state index contributed by atoms with van der Waals surface area (Å²) in [4.78, 5) is 2.26. The van der Waals surface area contributed by atoms with Gasteiger partial charge in [-0.05, 0) is 31.9 Å². The standard InChI is InChI=1S/C15H25N3O/c1-11(2)10-18(9-5-8-16)15(13(4)17)14-7-6-12(3)19-14/h6-7,11,13,15H,5,9-10,17H2,1-4H3. The summed E-state index contributed by atoms with van der Waals surface area (Å²) in [6.45, 7) is 9.90. The van der Waals surface area contributed by atoms with E-state index in [0.717, 1.165) is 24.6 Å². The van der Waals surface area contributed by atoms with Crippen molar-refractivity contribution in [2.45, 2.75) is 46.2 Å². The molecule has 0 amide bonds. The van der Waals surface area contributed by atoms with Crippen LogP contribution in [0.15, 0.2) is 16.5 Å². The Morgan fingerprint density at radius 1 is 1.37 bits per heavy atom. The van der Waals surface area contributed by atoms with Gasteiger partial charge in [-0.2, -0.15) is 5.26 Å². The highest BCUT2D eigenvalue weighted by molar-refractivity contribution is 5.12. The summed E-state index contributed by atoms with van der Waals surface area (Å²) in [7, 11) is 0. The topological polar surface area (TPSA) is 66.2 Å². The second-order valence-electron chi connectivity index (χ2n) is 5.55. The maximum Gasteiger partial charge on any atom is 0.122 e. The summed E-state index contributed by atoms with van der Waals surface area (Å²) in [5.74, 6) is 2.31. The van der Waals surface area contributed by atoms with Crippen LogP contribution in [-0.4, -0.2) is 24.0 Å². The summed E-state index contributed by atoms with van der Waals surface area (Å²) >= 11 is 0. The smallest absolute Gasteiger partial charge is 0.122 e. The van der Waals surface area contributed by atoms with Crippen molar-refractivity contribution in [2.75, 3.05) is 13.1 Å². The molecule has 0 aromatic carbocycles. The first-order valence-corrected chi connectivity index (χ1v) is 6.88. The lowest BCUT2D eigenvalue weighted by Gasteiger charge is -2.33. The van der Waals surface area contributed by atoms with Crippen LogP contribution in [0, 0.1) is 24.2 Å². The highest BCUT2D eigenvalue weighted by Gasteiger charge is 2.27. The molecule has 0 aliphatic carbocycles. The van der Waals surface area contributed by atoms with Crippen molar-refractivity contribution in [3.05, 3.63) is 23.7 Å². The Labute approximate surface area is 116 Å². The minimum absolute atomic E-state index is 0.0319. The van der Waals surface area contributed by atoms with Gasteiger partial charge >= 0.3 is 0 Å². The van der Waals surface area contributed by atoms with Gasteiger partial charge < -0.3 is 10.2 Å². The maximum absolute atomic E-state index is 8.81. The molecule has 0 radical (unpaired) electrons. The first-order chi connectivity index (χ1) is 8.95. The Hall–Kier alpha value is -1.31. The first-order valence-electron chi connectivity index (χ1n) is 6.88. The molecule has 4 nitrogen and oxygen atoms in total. The zero-order valence-corrected chi connectivity index (χ0v) is 12.4. The molecule has 1 rings (SSSR count). The number of hydrogen-bond donors (Lipinski definition) is 1. The molecule has 0 aliphatic heterocycles. The van der Waals surface area contributed by atoms with Crippen LogP contribution in [0.5, 0.6) is 0 Å². The van der Waals surface area contributed by atoms with E-state index in [9.17, 15) is 0 Å². The molecule has 4 heteroatoms. The fraction of sp³-hybridized carbons (Fsp3) is 0.667. The second-order valence-corrected chi connectivity index (χ2v) is 5.55. The molecule has 0 saturated carbocycles. The first kappa shape index (κ1) is 15.7. The van der Waals surface area contributed by atoms with E-state index in [1.165, 1.54) is 0 Å². The van der Waals surface area contributed by atoms with Crippen molar-refractivity contribution >= 4 is 0 Å². The van der Waals surface area contributed by atoms with E-state index in [4.69, 9.17) is 15.4 Å². The molecule has 0 bridgehead atoms. The second kappa shape index (κ2) is 7.32. The average Bonchev–Trinajstić information content (AvgIpc) is 2.71. The quantitative estimate of drug-likeness (QED) is 0.821. The van der Waals surface area contributed by atoms with Crippen LogP contribution >= 0.6 is 0 Å². The third-order valence-corrected chi connectivity index (χ3v) is 3.05. The third-order valence-electron chi connectivity index (χ3n) is 3.05. The average molecular weight is 263 g/mol. The van der Waals surface area contributed by atoms with Gasteiger partial charge in [-0.25, -0.2) is 0 Å². The Kier molecular flexibility index (Phi) is 6.07. The largest absolute Gasteiger partial charge is 0.465 e. The lowest BCUT2D eigenvalue weighted by atomic mass is 10.0. The lowest BCUT2D eigenvalue weighted by molar-refractivity contribution is 0.140. The molecule has 19 heavy (non-hydrogen) atoms. The molecule has 1 heterocycles. The molecule has 0 aliphatic rings. The summed E-state index contributed by atoms with van der Waals surface area (Å²) < 4.78 is 5.74. The third kappa shape index (κ3) is 4.70. The normalized spacial score (nSPS) is 14.6. The fourth-order valence-corrected chi connectivity index (χ4v) is 2.39. The summed E-state index contributed by atoms with van der Waals surface area (Å²) in [5, 5.41) is 8.81. The zero-order chi connectivity index (χ0) is 14.4. The van der Waals surface area contributed by atoms with Gasteiger partial charge in [0.2, 0.25) is 0 Å². The molecule has 106 valence electrons.